The van der Waals surface area contributed by atoms with Crippen LogP contribution in [0.25, 0.3) is 16.7 Å². The summed E-state index contributed by atoms with van der Waals surface area (Å²) in [6.45, 7) is 3.00. The second kappa shape index (κ2) is 7.74. The van der Waals surface area contributed by atoms with Crippen LogP contribution < -0.4 is 15.0 Å². The first kappa shape index (κ1) is 23.4. The molecule has 2 aromatic heterocycles. The summed E-state index contributed by atoms with van der Waals surface area (Å²) in [7, 11) is 1.39. The minimum atomic E-state index is -1.75. The van der Waals surface area contributed by atoms with Gasteiger partial charge in [0.15, 0.2) is 17.1 Å². The largest absolute Gasteiger partial charge is 0.435 e. The number of benzene rings is 1. The van der Waals surface area contributed by atoms with Gasteiger partial charge in [-0.3, -0.25) is 18.7 Å². The van der Waals surface area contributed by atoms with Crippen LogP contribution in [0.15, 0.2) is 35.4 Å². The summed E-state index contributed by atoms with van der Waals surface area (Å²) < 4.78 is 13.7. The number of ether oxygens (including phenoxy) is 2. The van der Waals surface area contributed by atoms with Crippen LogP contribution in [0.3, 0.4) is 0 Å². The molecule has 2 aliphatic heterocycles. The van der Waals surface area contributed by atoms with Crippen molar-refractivity contribution >= 4 is 36.4 Å². The van der Waals surface area contributed by atoms with Gasteiger partial charge in [0, 0.05) is 24.6 Å². The molecule has 1 saturated heterocycles. The predicted octanol–water partition coefficient (Wildman–Crippen LogP) is 1.00. The van der Waals surface area contributed by atoms with Gasteiger partial charge in [0.1, 0.15) is 11.5 Å². The van der Waals surface area contributed by atoms with Gasteiger partial charge in [-0.05, 0) is 43.9 Å². The Morgan fingerprint density at radius 2 is 1.83 bits per heavy atom. The minimum Gasteiger partial charge on any atom is -0.435 e. The zero-order valence-electron chi connectivity index (χ0n) is 20.0. The molecule has 2 N–H and O–H groups in total. The number of carbonyl (C=O) groups is 1. The molecule has 0 radical (unpaired) electrons. The van der Waals surface area contributed by atoms with E-state index in [0.717, 1.165) is 12.8 Å². The van der Waals surface area contributed by atoms with E-state index in [-0.39, 0.29) is 28.6 Å². The fraction of sp³-hybridized carbons (Fsp3) is 0.458. The molecular formula is C24H26BClN4O6. The van der Waals surface area contributed by atoms with Gasteiger partial charge >= 0.3 is 5.87 Å². The van der Waals surface area contributed by atoms with Gasteiger partial charge in [0.05, 0.1) is 23.2 Å². The van der Waals surface area contributed by atoms with Crippen LogP contribution in [0.5, 0.6) is 11.5 Å². The van der Waals surface area contributed by atoms with Gasteiger partial charge in [-0.25, -0.2) is 4.98 Å². The molecule has 0 spiro atoms. The quantitative estimate of drug-likeness (QED) is 0.501. The Bertz CT molecular complexity index is 1450. The fourth-order valence-corrected chi connectivity index (χ4v) is 5.34. The molecule has 0 bridgehead atoms. The Balaban J connectivity index is 1.25. The van der Waals surface area contributed by atoms with E-state index >= 15 is 0 Å². The molecule has 1 aliphatic carbocycles. The molecular weight excluding hydrogens is 487 g/mol. The SMILES string of the molecule is BC1(O)Oc2ccc(-n3c(Cl)cc4c(=O)n(CC5(O)CCN(C(=O)C6(C)CC6)CC5)cnc43)cc2O1. The summed E-state index contributed by atoms with van der Waals surface area (Å²) in [5, 5.41) is 21.8. The first-order chi connectivity index (χ1) is 17.0. The Morgan fingerprint density at radius 1 is 1.14 bits per heavy atom. The van der Waals surface area contributed by atoms with Gasteiger partial charge in [-0.2, -0.15) is 0 Å². The molecule has 3 aromatic rings. The molecule has 2 fully saturated rings. The number of aromatic nitrogens is 3. The summed E-state index contributed by atoms with van der Waals surface area (Å²) in [5.74, 6) is -0.868. The number of halogens is 1. The molecule has 3 aliphatic rings. The Kier molecular flexibility index (Phi) is 5.03. The Morgan fingerprint density at radius 3 is 2.53 bits per heavy atom. The summed E-state index contributed by atoms with van der Waals surface area (Å²) in [4.78, 5) is 32.3. The van der Waals surface area contributed by atoms with Crippen LogP contribution >= 0.6 is 11.6 Å². The molecule has 6 rings (SSSR count). The highest BCUT2D eigenvalue weighted by molar-refractivity contribution is 6.31. The van der Waals surface area contributed by atoms with Crippen LogP contribution in [0.1, 0.15) is 32.6 Å². The number of amides is 1. The second-order valence-corrected chi connectivity index (χ2v) is 10.9. The summed E-state index contributed by atoms with van der Waals surface area (Å²) >= 11 is 6.51. The van der Waals surface area contributed by atoms with Crippen molar-refractivity contribution in [1.29, 1.82) is 0 Å². The fourth-order valence-electron chi connectivity index (χ4n) is 5.06. The number of hydrogen-bond donors (Lipinski definition) is 2. The Labute approximate surface area is 212 Å². The molecule has 1 saturated carbocycles. The van der Waals surface area contributed by atoms with Crippen LogP contribution in [0, 0.1) is 5.41 Å². The van der Waals surface area contributed by atoms with Crippen molar-refractivity contribution in [2.75, 3.05) is 13.1 Å². The van der Waals surface area contributed by atoms with Crippen molar-refractivity contribution in [3.8, 4) is 17.2 Å². The standard InChI is InChI=1S/C24H26BClN4O6/c1-22(4-5-22)21(32)28-8-6-23(33,7-9-28)12-29-13-27-19-15(20(29)31)11-18(26)30(19)14-2-3-16-17(10-14)36-24(25,34)35-16/h2-3,10-11,13,33-34H,4-9,12,25H2,1H3. The van der Waals surface area contributed by atoms with Crippen molar-refractivity contribution < 1.29 is 24.5 Å². The second-order valence-electron chi connectivity index (χ2n) is 10.5. The number of nitrogens with zero attached hydrogens (tertiary/aromatic N) is 4. The van der Waals surface area contributed by atoms with Gasteiger partial charge in [0.25, 0.3) is 13.4 Å². The van der Waals surface area contributed by atoms with Gasteiger partial charge in [0.2, 0.25) is 5.91 Å². The summed E-state index contributed by atoms with van der Waals surface area (Å²) in [6, 6.07) is 6.56. The van der Waals surface area contributed by atoms with Crippen molar-refractivity contribution in [3.63, 3.8) is 0 Å². The van der Waals surface area contributed by atoms with Crippen LogP contribution in [0.2, 0.25) is 5.15 Å². The molecule has 10 nitrogen and oxygen atoms in total. The highest BCUT2D eigenvalue weighted by atomic mass is 35.5. The third-order valence-corrected chi connectivity index (χ3v) is 7.77. The Hall–Kier alpha value is -3.02. The van der Waals surface area contributed by atoms with Crippen LogP contribution in [-0.4, -0.2) is 67.5 Å². The average molecular weight is 513 g/mol. The molecule has 1 amide bonds. The van der Waals surface area contributed by atoms with E-state index in [1.54, 1.807) is 28.8 Å². The first-order valence-corrected chi connectivity index (χ1v) is 12.4. The maximum Gasteiger partial charge on any atom is 0.310 e. The third kappa shape index (κ3) is 3.86. The number of fused-ring (bicyclic) bond motifs is 2. The predicted molar refractivity (Wildman–Crippen MR) is 133 cm³/mol. The van der Waals surface area contributed by atoms with Gasteiger partial charge in [-0.1, -0.05) is 18.5 Å². The molecule has 188 valence electrons. The van der Waals surface area contributed by atoms with Crippen molar-refractivity contribution in [1.82, 2.24) is 19.0 Å². The van der Waals surface area contributed by atoms with E-state index in [4.69, 9.17) is 21.1 Å². The molecule has 1 unspecified atom stereocenters. The molecule has 4 heterocycles. The molecule has 1 aromatic carbocycles. The lowest BCUT2D eigenvalue weighted by molar-refractivity contribution is -0.178. The van der Waals surface area contributed by atoms with E-state index in [2.05, 4.69) is 4.98 Å². The normalized spacial score (nSPS) is 23.7. The van der Waals surface area contributed by atoms with Gasteiger partial charge in [-0.15, -0.1) is 0 Å². The zero-order chi connectivity index (χ0) is 25.5. The number of hydrogen-bond acceptors (Lipinski definition) is 7. The number of rotatable bonds is 4. The maximum atomic E-state index is 13.3. The first-order valence-electron chi connectivity index (χ1n) is 12.0. The summed E-state index contributed by atoms with van der Waals surface area (Å²) in [6.07, 6.45) is 4.03. The number of carbonyl (C=O) groups excluding carboxylic acids is 1. The average Bonchev–Trinajstić information content (AvgIpc) is 3.36. The number of likely N-dealkylation sites (tertiary alicyclic amines) is 1. The molecule has 12 heteroatoms. The lowest BCUT2D eigenvalue weighted by Crippen LogP contribution is -2.51. The molecule has 1 atom stereocenters. The van der Waals surface area contributed by atoms with E-state index in [0.29, 0.717) is 54.2 Å². The van der Waals surface area contributed by atoms with Crippen LogP contribution in [-0.2, 0) is 11.3 Å². The third-order valence-electron chi connectivity index (χ3n) is 7.49. The van der Waals surface area contributed by atoms with Crippen molar-refractivity contribution in [2.24, 2.45) is 5.41 Å². The van der Waals surface area contributed by atoms with E-state index in [9.17, 15) is 19.8 Å². The van der Waals surface area contributed by atoms with E-state index < -0.39 is 11.5 Å². The van der Waals surface area contributed by atoms with Crippen molar-refractivity contribution in [3.05, 3.63) is 46.1 Å². The monoisotopic (exact) mass is 512 g/mol. The smallest absolute Gasteiger partial charge is 0.310 e. The van der Waals surface area contributed by atoms with Crippen LogP contribution in [0.4, 0.5) is 0 Å². The highest BCUT2D eigenvalue weighted by Crippen LogP contribution is 2.47. The van der Waals surface area contributed by atoms with Crippen molar-refractivity contribution in [2.45, 2.75) is 50.6 Å². The van der Waals surface area contributed by atoms with E-state index in [1.807, 2.05) is 11.8 Å². The minimum absolute atomic E-state index is 0.0793. The zero-order valence-corrected chi connectivity index (χ0v) is 20.8. The number of piperidine rings is 1. The topological polar surface area (TPSA) is 119 Å². The lowest BCUT2D eigenvalue weighted by Gasteiger charge is -2.39. The van der Waals surface area contributed by atoms with Gasteiger partial charge < -0.3 is 24.6 Å². The number of aliphatic hydroxyl groups is 2. The maximum absolute atomic E-state index is 13.3. The highest BCUT2D eigenvalue weighted by Gasteiger charge is 2.48. The molecule has 36 heavy (non-hydrogen) atoms. The summed E-state index contributed by atoms with van der Waals surface area (Å²) in [5.41, 5.74) is -0.719. The lowest BCUT2D eigenvalue weighted by atomic mass is 9.90. The van der Waals surface area contributed by atoms with E-state index in [1.165, 1.54) is 18.7 Å².